The van der Waals surface area contributed by atoms with Gasteiger partial charge in [-0.3, -0.25) is 0 Å². The minimum Gasteiger partial charge on any atom is -0.408 e. The van der Waals surface area contributed by atoms with Crippen LogP contribution in [0.25, 0.3) is 0 Å². The third-order valence-corrected chi connectivity index (χ3v) is 4.15. The molecule has 0 atom stereocenters. The summed E-state index contributed by atoms with van der Waals surface area (Å²) >= 11 is 1.66. The SMILES string of the molecule is CCc1csc(CNc2nnc(C3CCC3)o2)n1. The van der Waals surface area contributed by atoms with Crippen LogP contribution in [0.3, 0.4) is 0 Å². The topological polar surface area (TPSA) is 63.8 Å². The molecule has 1 saturated carbocycles. The van der Waals surface area contributed by atoms with Gasteiger partial charge in [-0.05, 0) is 19.3 Å². The molecule has 0 aliphatic heterocycles. The molecule has 2 aromatic rings. The first-order chi connectivity index (χ1) is 8.85. The number of aryl methyl sites for hydroxylation is 1. The van der Waals surface area contributed by atoms with Crippen LogP contribution >= 0.6 is 11.3 Å². The first-order valence-electron chi connectivity index (χ1n) is 6.35. The second-order valence-electron chi connectivity index (χ2n) is 4.51. The number of nitrogens with zero attached hydrogens (tertiary/aromatic N) is 3. The molecule has 18 heavy (non-hydrogen) atoms. The van der Waals surface area contributed by atoms with Crippen LogP contribution < -0.4 is 5.32 Å². The van der Waals surface area contributed by atoms with Gasteiger partial charge in [-0.1, -0.05) is 18.4 Å². The summed E-state index contributed by atoms with van der Waals surface area (Å²) in [5.41, 5.74) is 1.14. The molecule has 0 spiro atoms. The smallest absolute Gasteiger partial charge is 0.315 e. The maximum Gasteiger partial charge on any atom is 0.315 e. The molecule has 0 amide bonds. The zero-order valence-corrected chi connectivity index (χ0v) is 11.2. The highest BCUT2D eigenvalue weighted by Crippen LogP contribution is 2.35. The van der Waals surface area contributed by atoms with Gasteiger partial charge in [0.25, 0.3) is 0 Å². The first-order valence-corrected chi connectivity index (χ1v) is 7.23. The van der Waals surface area contributed by atoms with E-state index < -0.39 is 0 Å². The molecule has 6 heteroatoms. The van der Waals surface area contributed by atoms with Crippen molar-refractivity contribution in [2.75, 3.05) is 5.32 Å². The molecule has 3 rings (SSSR count). The number of thiazole rings is 1. The molecule has 1 fully saturated rings. The second kappa shape index (κ2) is 5.06. The summed E-state index contributed by atoms with van der Waals surface area (Å²) in [7, 11) is 0. The fraction of sp³-hybridized carbons (Fsp3) is 0.583. The van der Waals surface area contributed by atoms with Gasteiger partial charge in [0.2, 0.25) is 5.89 Å². The highest BCUT2D eigenvalue weighted by molar-refractivity contribution is 7.09. The van der Waals surface area contributed by atoms with Crippen molar-refractivity contribution in [3.8, 4) is 0 Å². The van der Waals surface area contributed by atoms with Crippen molar-refractivity contribution >= 4 is 17.4 Å². The number of hydrogen-bond donors (Lipinski definition) is 1. The third kappa shape index (κ3) is 2.38. The van der Waals surface area contributed by atoms with E-state index in [-0.39, 0.29) is 0 Å². The van der Waals surface area contributed by atoms with Gasteiger partial charge in [0.1, 0.15) is 5.01 Å². The molecule has 5 nitrogen and oxygen atoms in total. The van der Waals surface area contributed by atoms with Crippen molar-refractivity contribution in [1.29, 1.82) is 0 Å². The van der Waals surface area contributed by atoms with Crippen LogP contribution in [0.5, 0.6) is 0 Å². The van der Waals surface area contributed by atoms with Gasteiger partial charge in [-0.2, -0.15) is 0 Å². The van der Waals surface area contributed by atoms with Crippen LogP contribution in [0.4, 0.5) is 6.01 Å². The molecular formula is C12H16N4OS. The van der Waals surface area contributed by atoms with E-state index in [2.05, 4.69) is 32.8 Å². The molecule has 2 heterocycles. The molecule has 1 aliphatic rings. The molecule has 0 saturated heterocycles. The molecule has 0 aromatic carbocycles. The minimum atomic E-state index is 0.486. The van der Waals surface area contributed by atoms with Crippen LogP contribution in [0.15, 0.2) is 9.80 Å². The van der Waals surface area contributed by atoms with Gasteiger partial charge in [0, 0.05) is 11.3 Å². The van der Waals surface area contributed by atoms with Crippen LogP contribution in [0.1, 0.15) is 48.7 Å². The Hall–Kier alpha value is -1.43. The summed E-state index contributed by atoms with van der Waals surface area (Å²) in [6.45, 7) is 2.76. The van der Waals surface area contributed by atoms with Crippen LogP contribution in [-0.4, -0.2) is 15.2 Å². The average molecular weight is 264 g/mol. The van der Waals surface area contributed by atoms with E-state index in [0.717, 1.165) is 23.0 Å². The predicted octanol–water partition coefficient (Wildman–Crippen LogP) is 2.97. The molecule has 2 aromatic heterocycles. The fourth-order valence-corrected chi connectivity index (χ4v) is 2.69. The quantitative estimate of drug-likeness (QED) is 0.899. The van der Waals surface area contributed by atoms with E-state index in [1.807, 2.05) is 0 Å². The van der Waals surface area contributed by atoms with E-state index >= 15 is 0 Å². The Morgan fingerprint density at radius 3 is 3.00 bits per heavy atom. The highest BCUT2D eigenvalue weighted by atomic mass is 32.1. The van der Waals surface area contributed by atoms with E-state index in [9.17, 15) is 0 Å². The van der Waals surface area contributed by atoms with Crippen molar-refractivity contribution in [2.24, 2.45) is 0 Å². The van der Waals surface area contributed by atoms with Gasteiger partial charge in [-0.15, -0.1) is 16.4 Å². The summed E-state index contributed by atoms with van der Waals surface area (Å²) < 4.78 is 5.59. The Kier molecular flexibility index (Phi) is 3.27. The number of rotatable bonds is 5. The Balaban J connectivity index is 1.57. The number of aromatic nitrogens is 3. The van der Waals surface area contributed by atoms with Gasteiger partial charge in [0.15, 0.2) is 0 Å². The molecule has 1 N–H and O–H groups in total. The van der Waals surface area contributed by atoms with Crippen molar-refractivity contribution in [2.45, 2.75) is 45.1 Å². The zero-order valence-electron chi connectivity index (χ0n) is 10.3. The summed E-state index contributed by atoms with van der Waals surface area (Å²) in [5.74, 6) is 1.26. The number of nitrogens with one attached hydrogen (secondary N) is 1. The summed E-state index contributed by atoms with van der Waals surface area (Å²) in [6.07, 6.45) is 4.60. The van der Waals surface area contributed by atoms with Crippen molar-refractivity contribution in [1.82, 2.24) is 15.2 Å². The molecule has 96 valence electrons. The normalized spacial score (nSPS) is 15.6. The van der Waals surface area contributed by atoms with E-state index in [4.69, 9.17) is 4.42 Å². The lowest BCUT2D eigenvalue weighted by molar-refractivity contribution is 0.338. The molecule has 1 aliphatic carbocycles. The lowest BCUT2D eigenvalue weighted by Crippen LogP contribution is -2.08. The fourth-order valence-electron chi connectivity index (χ4n) is 1.87. The van der Waals surface area contributed by atoms with E-state index in [0.29, 0.717) is 18.5 Å². The monoisotopic (exact) mass is 264 g/mol. The second-order valence-corrected chi connectivity index (χ2v) is 5.46. The van der Waals surface area contributed by atoms with Crippen molar-refractivity contribution < 1.29 is 4.42 Å². The summed E-state index contributed by atoms with van der Waals surface area (Å²) in [5, 5.41) is 14.4. The average Bonchev–Trinajstić information content (AvgIpc) is 2.92. The van der Waals surface area contributed by atoms with Crippen LogP contribution in [-0.2, 0) is 13.0 Å². The Labute approximate surface area is 110 Å². The molecular weight excluding hydrogens is 248 g/mol. The van der Waals surface area contributed by atoms with Gasteiger partial charge >= 0.3 is 6.01 Å². The summed E-state index contributed by atoms with van der Waals surface area (Å²) in [6, 6.07) is 0.505. The standard InChI is InChI=1S/C12H16N4OS/c1-2-9-7-18-10(14-9)6-13-12-16-15-11(17-12)8-4-3-5-8/h7-8H,2-6H2,1H3,(H,13,16). The highest BCUT2D eigenvalue weighted by Gasteiger charge is 2.25. The van der Waals surface area contributed by atoms with Crippen LogP contribution in [0.2, 0.25) is 0 Å². The lowest BCUT2D eigenvalue weighted by atomic mass is 9.85. The van der Waals surface area contributed by atoms with E-state index in [1.54, 1.807) is 11.3 Å². The lowest BCUT2D eigenvalue weighted by Gasteiger charge is -2.20. The largest absolute Gasteiger partial charge is 0.408 e. The van der Waals surface area contributed by atoms with Crippen LogP contribution in [0, 0.1) is 0 Å². The maximum absolute atomic E-state index is 5.59. The van der Waals surface area contributed by atoms with Gasteiger partial charge in [0.05, 0.1) is 12.2 Å². The van der Waals surface area contributed by atoms with Crippen molar-refractivity contribution in [3.05, 3.63) is 22.0 Å². The number of hydrogen-bond acceptors (Lipinski definition) is 6. The Morgan fingerprint density at radius 1 is 1.44 bits per heavy atom. The molecule has 0 bridgehead atoms. The Bertz CT molecular complexity index is 518. The predicted molar refractivity (Wildman–Crippen MR) is 69.7 cm³/mol. The van der Waals surface area contributed by atoms with E-state index in [1.165, 1.54) is 19.3 Å². The Morgan fingerprint density at radius 2 is 2.33 bits per heavy atom. The third-order valence-electron chi connectivity index (χ3n) is 3.25. The zero-order chi connectivity index (χ0) is 12.4. The van der Waals surface area contributed by atoms with Crippen molar-refractivity contribution in [3.63, 3.8) is 0 Å². The van der Waals surface area contributed by atoms with Gasteiger partial charge in [-0.25, -0.2) is 4.98 Å². The number of anilines is 1. The molecule has 0 radical (unpaired) electrons. The maximum atomic E-state index is 5.59. The molecule has 0 unspecified atom stereocenters. The van der Waals surface area contributed by atoms with Gasteiger partial charge < -0.3 is 9.73 Å². The minimum absolute atomic E-state index is 0.486. The first kappa shape index (κ1) is 11.6. The summed E-state index contributed by atoms with van der Waals surface area (Å²) in [4.78, 5) is 4.48.